The van der Waals surface area contributed by atoms with Crippen LogP contribution >= 0.6 is 0 Å². The van der Waals surface area contributed by atoms with Gasteiger partial charge in [-0.25, -0.2) is 8.78 Å². The van der Waals surface area contributed by atoms with Gasteiger partial charge in [0.15, 0.2) is 11.4 Å². The van der Waals surface area contributed by atoms with Gasteiger partial charge in [0.2, 0.25) is 5.43 Å². The van der Waals surface area contributed by atoms with Crippen LogP contribution in [0.4, 0.5) is 8.78 Å². The Morgan fingerprint density at radius 1 is 1.21 bits per heavy atom. The lowest BCUT2D eigenvalue weighted by Gasteiger charge is -2.24. The normalized spacial score (nSPS) is 18.2. The number of hydrogen-bond donors (Lipinski definition) is 2. The van der Waals surface area contributed by atoms with Crippen molar-refractivity contribution >= 4 is 11.8 Å². The summed E-state index contributed by atoms with van der Waals surface area (Å²) in [5, 5.41) is 12.8. The number of fused-ring (bicyclic) bond motifs is 5. The van der Waals surface area contributed by atoms with Gasteiger partial charge in [-0.15, -0.1) is 0 Å². The van der Waals surface area contributed by atoms with E-state index in [1.54, 1.807) is 4.90 Å². The van der Waals surface area contributed by atoms with Crippen LogP contribution in [-0.2, 0) is 6.54 Å². The second kappa shape index (κ2) is 7.31. The van der Waals surface area contributed by atoms with Gasteiger partial charge >= 0.3 is 0 Å². The molecule has 29 heavy (non-hydrogen) atoms. The molecule has 2 amide bonds. The fraction of sp³-hybridized carbons (Fsp3) is 0.350. The lowest BCUT2D eigenvalue weighted by Crippen LogP contribution is -2.36. The first-order valence-electron chi connectivity index (χ1n) is 9.36. The minimum atomic E-state index is -0.956. The topological polar surface area (TPSA) is 91.6 Å². The molecular formula is C20H19F2N3O4. The van der Waals surface area contributed by atoms with Gasteiger partial charge in [0, 0.05) is 43.5 Å². The molecule has 0 spiro atoms. The predicted octanol–water partition coefficient (Wildman–Crippen LogP) is 1.94. The standard InChI is InChI=1S/C20H19F2N3O4/c21-12-4-3-11(15(22)8-12)9-23-19(28)14-10-25-13-2-1-6-24(7-5-13)20(29)16(25)18(27)17(14)26/h3-4,8,10,13,27H,1-2,5-7,9H2,(H,23,28). The highest BCUT2D eigenvalue weighted by Crippen LogP contribution is 2.32. The fourth-order valence-corrected chi connectivity index (χ4v) is 3.93. The molecule has 3 heterocycles. The summed E-state index contributed by atoms with van der Waals surface area (Å²) in [5.74, 6) is -3.55. The van der Waals surface area contributed by atoms with Crippen molar-refractivity contribution in [3.63, 3.8) is 0 Å². The monoisotopic (exact) mass is 403 g/mol. The molecule has 7 nitrogen and oxygen atoms in total. The smallest absolute Gasteiger partial charge is 0.274 e. The van der Waals surface area contributed by atoms with Crippen molar-refractivity contribution in [2.75, 3.05) is 13.1 Å². The number of nitrogens with zero attached hydrogens (tertiary/aromatic N) is 2. The largest absolute Gasteiger partial charge is 0.503 e. The Labute approximate surface area is 164 Å². The number of benzene rings is 1. The molecular weight excluding hydrogens is 384 g/mol. The van der Waals surface area contributed by atoms with Gasteiger partial charge in [0.1, 0.15) is 17.2 Å². The molecule has 2 aromatic rings. The van der Waals surface area contributed by atoms with E-state index >= 15 is 0 Å². The van der Waals surface area contributed by atoms with Gasteiger partial charge in [-0.3, -0.25) is 14.4 Å². The molecule has 1 aromatic heterocycles. The number of aromatic nitrogens is 1. The SMILES string of the molecule is O=C(NCc1ccc(F)cc1F)c1cn2c(c(O)c1=O)C(=O)N1CCCC2CC1. The Morgan fingerprint density at radius 2 is 2.00 bits per heavy atom. The van der Waals surface area contributed by atoms with Gasteiger partial charge in [-0.2, -0.15) is 0 Å². The average molecular weight is 403 g/mol. The van der Waals surface area contributed by atoms with Crippen molar-refractivity contribution in [3.05, 3.63) is 63.1 Å². The molecule has 2 aliphatic rings. The number of nitrogens with one attached hydrogen (secondary N) is 1. The van der Waals surface area contributed by atoms with Crippen LogP contribution in [0.25, 0.3) is 0 Å². The Kier molecular flexibility index (Phi) is 4.81. The third-order valence-corrected chi connectivity index (χ3v) is 5.49. The van der Waals surface area contributed by atoms with Gasteiger partial charge in [0.05, 0.1) is 0 Å². The highest BCUT2D eigenvalue weighted by atomic mass is 19.1. The summed E-state index contributed by atoms with van der Waals surface area (Å²) in [5.41, 5.74) is -1.33. The van der Waals surface area contributed by atoms with E-state index in [1.807, 2.05) is 0 Å². The van der Waals surface area contributed by atoms with Crippen LogP contribution in [-0.4, -0.2) is 39.5 Å². The molecule has 2 bridgehead atoms. The fourth-order valence-electron chi connectivity index (χ4n) is 3.93. The molecule has 152 valence electrons. The van der Waals surface area contributed by atoms with E-state index in [0.29, 0.717) is 25.6 Å². The summed E-state index contributed by atoms with van der Waals surface area (Å²) < 4.78 is 28.3. The van der Waals surface area contributed by atoms with E-state index in [2.05, 4.69) is 5.32 Å². The van der Waals surface area contributed by atoms with Gasteiger partial charge in [-0.1, -0.05) is 6.07 Å². The lowest BCUT2D eigenvalue weighted by molar-refractivity contribution is 0.0752. The number of rotatable bonds is 3. The zero-order valence-electron chi connectivity index (χ0n) is 15.5. The van der Waals surface area contributed by atoms with Gasteiger partial charge in [0.25, 0.3) is 11.8 Å². The van der Waals surface area contributed by atoms with E-state index in [0.717, 1.165) is 18.9 Å². The Balaban J connectivity index is 1.67. The molecule has 0 aliphatic carbocycles. The molecule has 0 radical (unpaired) electrons. The maximum Gasteiger partial charge on any atom is 0.274 e. The number of halogens is 2. The number of amides is 2. The molecule has 4 rings (SSSR count). The number of pyridine rings is 1. The van der Waals surface area contributed by atoms with Crippen LogP contribution in [0.2, 0.25) is 0 Å². The first kappa shape index (κ1) is 19.1. The van der Waals surface area contributed by atoms with Crippen LogP contribution in [0.15, 0.2) is 29.2 Å². The van der Waals surface area contributed by atoms with Crippen molar-refractivity contribution < 1.29 is 23.5 Å². The molecule has 1 saturated heterocycles. The van der Waals surface area contributed by atoms with E-state index in [4.69, 9.17) is 0 Å². The second-order valence-corrected chi connectivity index (χ2v) is 7.27. The minimum Gasteiger partial charge on any atom is -0.503 e. The highest BCUT2D eigenvalue weighted by molar-refractivity contribution is 5.98. The Bertz CT molecular complexity index is 1070. The van der Waals surface area contributed by atoms with Crippen LogP contribution < -0.4 is 10.7 Å². The summed E-state index contributed by atoms with van der Waals surface area (Å²) in [6, 6.07) is 2.84. The predicted molar refractivity (Wildman–Crippen MR) is 98.7 cm³/mol. The zero-order valence-corrected chi connectivity index (χ0v) is 15.5. The molecule has 2 aliphatic heterocycles. The summed E-state index contributed by atoms with van der Waals surface area (Å²) >= 11 is 0. The quantitative estimate of drug-likeness (QED) is 0.820. The maximum absolute atomic E-state index is 13.8. The van der Waals surface area contributed by atoms with Crippen molar-refractivity contribution in [3.8, 4) is 5.75 Å². The first-order chi connectivity index (χ1) is 13.9. The third-order valence-electron chi connectivity index (χ3n) is 5.49. The summed E-state index contributed by atoms with van der Waals surface area (Å²) in [6.45, 7) is 0.821. The molecule has 2 N–H and O–H groups in total. The van der Waals surface area contributed by atoms with Gasteiger partial charge < -0.3 is 19.9 Å². The third kappa shape index (κ3) is 3.37. The van der Waals surface area contributed by atoms with E-state index in [-0.39, 0.29) is 29.4 Å². The molecule has 0 saturated carbocycles. The molecule has 1 unspecified atom stereocenters. The average Bonchev–Trinajstić information content (AvgIpc) is 3.00. The number of carbonyl (C=O) groups is 2. The maximum atomic E-state index is 13.8. The van der Waals surface area contributed by atoms with E-state index in [1.165, 1.54) is 16.8 Å². The summed E-state index contributed by atoms with van der Waals surface area (Å²) in [4.78, 5) is 39.4. The Morgan fingerprint density at radius 3 is 2.76 bits per heavy atom. The molecule has 1 atom stereocenters. The van der Waals surface area contributed by atoms with Crippen molar-refractivity contribution in [2.24, 2.45) is 0 Å². The highest BCUT2D eigenvalue weighted by Gasteiger charge is 2.34. The first-order valence-corrected chi connectivity index (χ1v) is 9.36. The number of carbonyl (C=O) groups excluding carboxylic acids is 2. The van der Waals surface area contributed by atoms with Crippen molar-refractivity contribution in [1.82, 2.24) is 14.8 Å². The number of hydrogen-bond acceptors (Lipinski definition) is 4. The Hall–Kier alpha value is -3.23. The minimum absolute atomic E-state index is 0.0527. The molecule has 1 fully saturated rings. The zero-order chi connectivity index (χ0) is 20.7. The summed E-state index contributed by atoms with van der Waals surface area (Å²) in [7, 11) is 0. The van der Waals surface area contributed by atoms with Gasteiger partial charge in [-0.05, 0) is 25.3 Å². The van der Waals surface area contributed by atoms with Crippen LogP contribution in [0.3, 0.4) is 0 Å². The molecule has 1 aromatic carbocycles. The van der Waals surface area contributed by atoms with Crippen LogP contribution in [0.5, 0.6) is 5.75 Å². The van der Waals surface area contributed by atoms with Crippen LogP contribution in [0, 0.1) is 11.6 Å². The van der Waals surface area contributed by atoms with E-state index < -0.39 is 34.6 Å². The van der Waals surface area contributed by atoms with Crippen molar-refractivity contribution in [2.45, 2.75) is 31.8 Å². The number of aromatic hydroxyl groups is 1. The second-order valence-electron chi connectivity index (χ2n) is 7.27. The molecule has 9 heteroatoms. The summed E-state index contributed by atoms with van der Waals surface area (Å²) in [6.07, 6.45) is 3.49. The van der Waals surface area contributed by atoms with E-state index in [9.17, 15) is 28.3 Å². The lowest BCUT2D eigenvalue weighted by atomic mass is 10.1. The van der Waals surface area contributed by atoms with Crippen molar-refractivity contribution in [1.29, 1.82) is 0 Å². The van der Waals surface area contributed by atoms with Crippen LogP contribution in [0.1, 0.15) is 51.7 Å².